The maximum absolute atomic E-state index is 12.6. The van der Waals surface area contributed by atoms with Gasteiger partial charge in [-0.15, -0.1) is 0 Å². The third kappa shape index (κ3) is 3.58. The second kappa shape index (κ2) is 7.34. The second-order valence-electron chi connectivity index (χ2n) is 5.44. The van der Waals surface area contributed by atoms with Crippen molar-refractivity contribution in [1.29, 1.82) is 0 Å². The molecule has 1 aliphatic heterocycles. The molecular weight excluding hydrogens is 450 g/mol. The highest BCUT2D eigenvalue weighted by Gasteiger charge is 2.27. The minimum absolute atomic E-state index is 0.0329. The van der Waals surface area contributed by atoms with Crippen LogP contribution in [0.2, 0.25) is 0 Å². The lowest BCUT2D eigenvalue weighted by molar-refractivity contribution is 0.104. The summed E-state index contributed by atoms with van der Waals surface area (Å²) >= 11 is 6.13. The van der Waals surface area contributed by atoms with Gasteiger partial charge in [0.1, 0.15) is 5.03 Å². The van der Waals surface area contributed by atoms with Crippen LogP contribution >= 0.6 is 39.0 Å². The molecule has 2 N–H and O–H groups in total. The Balaban J connectivity index is 1.67. The van der Waals surface area contributed by atoms with Crippen molar-refractivity contribution in [2.75, 3.05) is 12.8 Å². The number of ketones is 1. The number of carbonyl (C=O) groups excluding carboxylic acids is 1. The first-order valence-corrected chi connectivity index (χ1v) is 10.1. The van der Waals surface area contributed by atoms with E-state index in [9.17, 15) is 4.79 Å². The Kier molecular flexibility index (Phi) is 4.90. The molecule has 0 fully saturated rings. The molecule has 1 aromatic carbocycles. The molecule has 6 nitrogen and oxygen atoms in total. The smallest absolute Gasteiger partial charge is 0.202 e. The maximum atomic E-state index is 12.6. The monoisotopic (exact) mass is 461 g/mol. The number of benzene rings is 1. The second-order valence-corrected chi connectivity index (χ2v) is 8.35. The number of nitrogens with zero attached hydrogens (tertiary/aromatic N) is 2. The van der Waals surface area contributed by atoms with Gasteiger partial charge in [0.15, 0.2) is 16.6 Å². The molecule has 1 aliphatic rings. The van der Waals surface area contributed by atoms with Gasteiger partial charge in [-0.2, -0.15) is 0 Å². The van der Waals surface area contributed by atoms with Crippen molar-refractivity contribution in [3.8, 4) is 16.6 Å². The fourth-order valence-electron chi connectivity index (χ4n) is 2.49. The van der Waals surface area contributed by atoms with Crippen LogP contribution in [0.4, 0.5) is 5.13 Å². The number of Topliss-reactive ketones (excluding diaryl/α,β-unsaturated/α-hetero) is 1. The molecule has 0 atom stereocenters. The number of aromatic nitrogens is 2. The minimum atomic E-state index is -0.0329. The summed E-state index contributed by atoms with van der Waals surface area (Å²) in [4.78, 5) is 21.4. The lowest BCUT2D eigenvalue weighted by Gasteiger charge is -2.11. The van der Waals surface area contributed by atoms with Crippen molar-refractivity contribution in [3.05, 3.63) is 57.2 Å². The molecule has 9 heteroatoms. The first kappa shape index (κ1) is 18.0. The van der Waals surface area contributed by atoms with Gasteiger partial charge >= 0.3 is 0 Å². The lowest BCUT2D eigenvalue weighted by atomic mass is 10.1. The highest BCUT2D eigenvalue weighted by Crippen LogP contribution is 2.42. The number of thioether (sulfide) groups is 1. The Morgan fingerprint density at radius 1 is 1.26 bits per heavy atom. The van der Waals surface area contributed by atoms with Crippen LogP contribution in [-0.4, -0.2) is 22.9 Å². The number of allylic oxidation sites excluding steroid dienone is 1. The van der Waals surface area contributed by atoms with Crippen LogP contribution in [0, 0.1) is 0 Å². The number of thiazole rings is 1. The quantitative estimate of drug-likeness (QED) is 0.545. The summed E-state index contributed by atoms with van der Waals surface area (Å²) in [5.41, 5.74) is 7.06. The number of rotatable bonds is 4. The average molecular weight is 462 g/mol. The summed E-state index contributed by atoms with van der Waals surface area (Å²) in [7, 11) is 1.56. The van der Waals surface area contributed by atoms with Crippen molar-refractivity contribution in [2.45, 2.75) is 5.03 Å². The van der Waals surface area contributed by atoms with Crippen LogP contribution in [0.5, 0.6) is 16.6 Å². The van der Waals surface area contributed by atoms with Gasteiger partial charge in [0, 0.05) is 10.7 Å². The highest BCUT2D eigenvalue weighted by atomic mass is 79.9. The number of carbonyl (C=O) groups is 1. The molecule has 4 rings (SSSR count). The van der Waals surface area contributed by atoms with Crippen LogP contribution in [0.3, 0.4) is 0 Å². The third-order valence-corrected chi connectivity index (χ3v) is 6.16. The summed E-state index contributed by atoms with van der Waals surface area (Å²) in [6, 6.07) is 7.14. The normalized spacial score (nSPS) is 14.4. The molecule has 0 saturated heterocycles. The molecule has 3 heterocycles. The van der Waals surface area contributed by atoms with Gasteiger partial charge in [0.2, 0.25) is 10.8 Å². The molecule has 0 unspecified atom stereocenters. The Morgan fingerprint density at radius 3 is 2.81 bits per heavy atom. The number of halogens is 1. The summed E-state index contributed by atoms with van der Waals surface area (Å²) in [5.74, 6) is 1.02. The number of methoxy groups -OCH3 is 1. The zero-order chi connectivity index (χ0) is 19.0. The van der Waals surface area contributed by atoms with E-state index in [1.165, 1.54) is 23.1 Å². The highest BCUT2D eigenvalue weighted by molar-refractivity contribution is 9.10. The Bertz CT molecular complexity index is 1080. The molecule has 3 aromatic rings. The van der Waals surface area contributed by atoms with E-state index in [0.717, 1.165) is 15.1 Å². The van der Waals surface area contributed by atoms with Crippen molar-refractivity contribution in [1.82, 2.24) is 9.97 Å². The van der Waals surface area contributed by atoms with Crippen molar-refractivity contribution >= 4 is 56.0 Å². The Labute approximate surface area is 171 Å². The first-order valence-electron chi connectivity index (χ1n) is 7.71. The van der Waals surface area contributed by atoms with Crippen molar-refractivity contribution < 1.29 is 14.3 Å². The topological polar surface area (TPSA) is 87.3 Å². The molecular formula is C18H12BrN3O3S2. The molecule has 0 bridgehead atoms. The molecule has 0 saturated carbocycles. The minimum Gasteiger partial charge on any atom is -0.493 e. The zero-order valence-electron chi connectivity index (χ0n) is 13.9. The number of ether oxygens (including phenoxy) is 2. The van der Waals surface area contributed by atoms with E-state index >= 15 is 0 Å². The molecule has 0 aliphatic carbocycles. The molecule has 2 aromatic heterocycles. The predicted molar refractivity (Wildman–Crippen MR) is 110 cm³/mol. The van der Waals surface area contributed by atoms with Gasteiger partial charge in [-0.1, -0.05) is 39.0 Å². The molecule has 136 valence electrons. The largest absolute Gasteiger partial charge is 0.493 e. The van der Waals surface area contributed by atoms with Gasteiger partial charge in [-0.25, -0.2) is 9.97 Å². The number of hydrogen-bond acceptors (Lipinski definition) is 8. The summed E-state index contributed by atoms with van der Waals surface area (Å²) in [6.07, 6.45) is 5.05. The number of fused-ring (bicyclic) bond motifs is 1. The van der Waals surface area contributed by atoms with Crippen molar-refractivity contribution in [2.24, 2.45) is 0 Å². The van der Waals surface area contributed by atoms with Gasteiger partial charge < -0.3 is 15.2 Å². The fourth-order valence-corrected chi connectivity index (χ4v) is 4.46. The Morgan fingerprint density at radius 2 is 2.11 bits per heavy atom. The molecule has 27 heavy (non-hydrogen) atoms. The number of nitrogens with two attached hydrogens (primary N) is 1. The standard InChI is InChI=1S/C18H12BrN3O3S2/c1-24-12-5-9(6-14-16(23)10-3-2-4-21-17(10)26-14)11(19)7-13(12)25-15-8-22-18(20)27-15/h2-8H,1H3,(H2,20,22)/b14-6-. The van der Waals surface area contributed by atoms with Crippen LogP contribution in [0.15, 0.2) is 51.1 Å². The Hall–Kier alpha value is -2.36. The number of pyridine rings is 1. The molecule has 0 spiro atoms. The maximum Gasteiger partial charge on any atom is 0.202 e. The van der Waals surface area contributed by atoms with Gasteiger partial charge in [-0.3, -0.25) is 4.79 Å². The SMILES string of the molecule is COc1cc(/C=C2\Sc3ncccc3C2=O)c(Br)cc1Oc1cnc(N)s1. The third-order valence-electron chi connectivity index (χ3n) is 3.73. The van der Waals surface area contributed by atoms with Crippen LogP contribution < -0.4 is 15.2 Å². The van der Waals surface area contributed by atoms with Crippen LogP contribution in [0.25, 0.3) is 6.08 Å². The van der Waals surface area contributed by atoms with Crippen LogP contribution in [-0.2, 0) is 0 Å². The van der Waals surface area contributed by atoms with Crippen molar-refractivity contribution in [3.63, 3.8) is 0 Å². The van der Waals surface area contributed by atoms with E-state index < -0.39 is 0 Å². The fraction of sp³-hybridized carbons (Fsp3) is 0.0556. The summed E-state index contributed by atoms with van der Waals surface area (Å²) in [6.45, 7) is 0. The van der Waals surface area contributed by atoms with E-state index in [0.29, 0.717) is 32.2 Å². The van der Waals surface area contributed by atoms with Crippen LogP contribution in [0.1, 0.15) is 15.9 Å². The van der Waals surface area contributed by atoms with E-state index in [4.69, 9.17) is 15.2 Å². The van der Waals surface area contributed by atoms with E-state index in [1.807, 2.05) is 6.08 Å². The number of anilines is 1. The number of nitrogen functional groups attached to an aromatic ring is 1. The summed E-state index contributed by atoms with van der Waals surface area (Å²) < 4.78 is 12.0. The van der Waals surface area contributed by atoms with Gasteiger partial charge in [-0.05, 0) is 35.9 Å². The lowest BCUT2D eigenvalue weighted by Crippen LogP contribution is -1.95. The van der Waals surface area contributed by atoms with Gasteiger partial charge in [0.05, 0.1) is 23.8 Å². The van der Waals surface area contributed by atoms with E-state index in [1.54, 1.807) is 43.8 Å². The molecule has 0 radical (unpaired) electrons. The summed E-state index contributed by atoms with van der Waals surface area (Å²) in [5, 5.41) is 1.71. The zero-order valence-corrected chi connectivity index (χ0v) is 17.2. The van der Waals surface area contributed by atoms with Gasteiger partial charge in [0.25, 0.3) is 0 Å². The average Bonchev–Trinajstić information content (AvgIpc) is 3.21. The predicted octanol–water partition coefficient (Wildman–Crippen LogP) is 5.01. The first-order chi connectivity index (χ1) is 13.0. The molecule has 0 amide bonds. The van der Waals surface area contributed by atoms with E-state index in [2.05, 4.69) is 25.9 Å². The number of hydrogen-bond donors (Lipinski definition) is 1. The van der Waals surface area contributed by atoms with E-state index in [-0.39, 0.29) is 5.78 Å².